The molecule has 0 radical (unpaired) electrons. The van der Waals surface area contributed by atoms with Gasteiger partial charge in [0, 0.05) is 25.3 Å². The summed E-state index contributed by atoms with van der Waals surface area (Å²) in [6, 6.07) is 4.45. The minimum atomic E-state index is -3.30. The van der Waals surface area contributed by atoms with Gasteiger partial charge in [0.1, 0.15) is 11.4 Å². The van der Waals surface area contributed by atoms with Crippen LogP contribution in [0.4, 0.5) is 10.5 Å². The zero-order valence-corrected chi connectivity index (χ0v) is 16.6. The fraction of sp³-hybridized carbons (Fsp3) is 0.611. The van der Waals surface area contributed by atoms with Crippen LogP contribution in [0.2, 0.25) is 0 Å². The third-order valence-corrected chi connectivity index (χ3v) is 5.16. The lowest BCUT2D eigenvalue weighted by atomic mass is 9.99. The van der Waals surface area contributed by atoms with Gasteiger partial charge in [-0.25, -0.2) is 13.2 Å². The molecule has 1 amide bonds. The Morgan fingerprint density at radius 1 is 1.35 bits per heavy atom. The van der Waals surface area contributed by atoms with Gasteiger partial charge in [0.25, 0.3) is 0 Å². The maximum absolute atomic E-state index is 12.2. The highest BCUT2D eigenvalue weighted by molar-refractivity contribution is 7.90. The molecular weight excluding hydrogens is 356 g/mol. The van der Waals surface area contributed by atoms with E-state index < -0.39 is 15.4 Å². The molecule has 1 atom stereocenters. The van der Waals surface area contributed by atoms with Crippen LogP contribution >= 0.6 is 0 Å². The van der Waals surface area contributed by atoms with Crippen molar-refractivity contribution in [3.05, 3.63) is 18.2 Å². The van der Waals surface area contributed by atoms with E-state index in [1.54, 1.807) is 11.0 Å². The number of hydrogen-bond donors (Lipinski definition) is 1. The number of amides is 1. The molecule has 1 aromatic rings. The molecule has 1 fully saturated rings. The Morgan fingerprint density at radius 3 is 2.62 bits per heavy atom. The van der Waals surface area contributed by atoms with Crippen LogP contribution in [0.1, 0.15) is 33.6 Å². The van der Waals surface area contributed by atoms with Crippen LogP contribution in [0.3, 0.4) is 0 Å². The number of rotatable bonds is 4. The lowest BCUT2D eigenvalue weighted by Crippen LogP contribution is -2.44. The van der Waals surface area contributed by atoms with Gasteiger partial charge in [-0.2, -0.15) is 0 Å². The van der Waals surface area contributed by atoms with Crippen molar-refractivity contribution in [2.24, 2.45) is 5.92 Å². The summed E-state index contributed by atoms with van der Waals surface area (Å²) in [6.45, 7) is 7.18. The van der Waals surface area contributed by atoms with Crippen LogP contribution in [0.15, 0.2) is 23.1 Å². The van der Waals surface area contributed by atoms with Crippen LogP contribution in [0.25, 0.3) is 0 Å². The summed E-state index contributed by atoms with van der Waals surface area (Å²) in [5.74, 6) is 0.622. The minimum Gasteiger partial charge on any atom is -0.491 e. The van der Waals surface area contributed by atoms with Crippen LogP contribution in [-0.4, -0.2) is 51.0 Å². The molecule has 146 valence electrons. The fourth-order valence-corrected chi connectivity index (χ4v) is 3.45. The molecule has 0 saturated carbocycles. The second-order valence-electron chi connectivity index (χ2n) is 7.72. The highest BCUT2D eigenvalue weighted by Crippen LogP contribution is 2.27. The van der Waals surface area contributed by atoms with Crippen molar-refractivity contribution in [3.63, 3.8) is 0 Å². The number of carbonyl (C=O) groups excluding carboxylic acids is 1. The summed E-state index contributed by atoms with van der Waals surface area (Å²) >= 11 is 0. The predicted molar refractivity (Wildman–Crippen MR) is 100.0 cm³/mol. The van der Waals surface area contributed by atoms with E-state index in [0.717, 1.165) is 19.1 Å². The van der Waals surface area contributed by atoms with E-state index in [0.29, 0.717) is 25.4 Å². The molecular formula is C18H28N2O5S. The SMILES string of the molecule is CC(C)(C)OC(=O)N1CCCC(COc2ccc(S(C)(=O)=O)cc2N)C1. The lowest BCUT2D eigenvalue weighted by molar-refractivity contribution is 0.0139. The van der Waals surface area contributed by atoms with Crippen LogP contribution in [0.5, 0.6) is 5.75 Å². The van der Waals surface area contributed by atoms with Crippen molar-refractivity contribution in [1.82, 2.24) is 4.90 Å². The number of likely N-dealkylation sites (tertiary alicyclic amines) is 1. The molecule has 1 saturated heterocycles. The van der Waals surface area contributed by atoms with E-state index in [2.05, 4.69) is 0 Å². The van der Waals surface area contributed by atoms with Gasteiger partial charge in [-0.05, 0) is 51.8 Å². The number of piperidine rings is 1. The van der Waals surface area contributed by atoms with E-state index in [4.69, 9.17) is 15.2 Å². The molecule has 0 aromatic heterocycles. The molecule has 1 aliphatic heterocycles. The predicted octanol–water partition coefficient (Wildman–Crippen LogP) is 2.70. The summed E-state index contributed by atoms with van der Waals surface area (Å²) < 4.78 is 34.3. The maximum atomic E-state index is 12.2. The Labute approximate surface area is 155 Å². The highest BCUT2D eigenvalue weighted by Gasteiger charge is 2.28. The normalized spacial score (nSPS) is 18.5. The second-order valence-corrected chi connectivity index (χ2v) is 9.73. The molecule has 1 unspecified atom stereocenters. The third-order valence-electron chi connectivity index (χ3n) is 4.05. The van der Waals surface area contributed by atoms with Crippen LogP contribution in [0, 0.1) is 5.92 Å². The standard InChI is InChI=1S/C18H28N2O5S/c1-18(2,3)25-17(21)20-9-5-6-13(11-20)12-24-16-8-7-14(10-15(16)19)26(4,22)23/h7-8,10,13H,5-6,9,11-12,19H2,1-4H3. The topological polar surface area (TPSA) is 98.9 Å². The first-order valence-electron chi connectivity index (χ1n) is 8.66. The van der Waals surface area contributed by atoms with Gasteiger partial charge in [-0.1, -0.05) is 0 Å². The van der Waals surface area contributed by atoms with Crippen molar-refractivity contribution >= 4 is 21.6 Å². The van der Waals surface area contributed by atoms with E-state index >= 15 is 0 Å². The summed E-state index contributed by atoms with van der Waals surface area (Å²) in [5.41, 5.74) is 5.67. The summed E-state index contributed by atoms with van der Waals surface area (Å²) in [5, 5.41) is 0. The van der Waals surface area contributed by atoms with Crippen LogP contribution in [-0.2, 0) is 14.6 Å². The quantitative estimate of drug-likeness (QED) is 0.801. The van der Waals surface area contributed by atoms with Crippen LogP contribution < -0.4 is 10.5 Å². The third kappa shape index (κ3) is 5.79. The summed E-state index contributed by atoms with van der Waals surface area (Å²) in [6.07, 6.45) is 2.66. The highest BCUT2D eigenvalue weighted by atomic mass is 32.2. The molecule has 7 nitrogen and oxygen atoms in total. The number of nitrogen functional groups attached to an aromatic ring is 1. The monoisotopic (exact) mass is 384 g/mol. The van der Waals surface area contributed by atoms with Crippen molar-refractivity contribution < 1.29 is 22.7 Å². The zero-order valence-electron chi connectivity index (χ0n) is 15.8. The molecule has 1 aliphatic rings. The van der Waals surface area contributed by atoms with Gasteiger partial charge in [0.2, 0.25) is 0 Å². The Kier molecular flexibility index (Phi) is 6.05. The Bertz CT molecular complexity index is 755. The van der Waals surface area contributed by atoms with Crippen molar-refractivity contribution in [3.8, 4) is 5.75 Å². The molecule has 0 bridgehead atoms. The molecule has 2 N–H and O–H groups in total. The Balaban J connectivity index is 1.94. The zero-order chi connectivity index (χ0) is 19.5. The number of sulfone groups is 1. The molecule has 2 rings (SSSR count). The first-order chi connectivity index (χ1) is 12.0. The van der Waals surface area contributed by atoms with E-state index in [1.165, 1.54) is 12.1 Å². The second kappa shape index (κ2) is 7.73. The van der Waals surface area contributed by atoms with Crippen molar-refractivity contribution in [2.75, 3.05) is 31.7 Å². The summed E-state index contributed by atoms with van der Waals surface area (Å²) in [7, 11) is -3.30. The lowest BCUT2D eigenvalue weighted by Gasteiger charge is -2.34. The van der Waals surface area contributed by atoms with E-state index in [-0.39, 0.29) is 22.6 Å². The number of benzene rings is 1. The largest absolute Gasteiger partial charge is 0.491 e. The average molecular weight is 384 g/mol. The number of nitrogens with zero attached hydrogens (tertiary/aromatic N) is 1. The fourth-order valence-electron chi connectivity index (χ4n) is 2.79. The van der Waals surface area contributed by atoms with Gasteiger partial charge in [-0.3, -0.25) is 0 Å². The molecule has 0 spiro atoms. The number of ether oxygens (including phenoxy) is 2. The van der Waals surface area contributed by atoms with Gasteiger partial charge >= 0.3 is 6.09 Å². The smallest absolute Gasteiger partial charge is 0.410 e. The number of nitrogens with two attached hydrogens (primary N) is 1. The molecule has 1 heterocycles. The maximum Gasteiger partial charge on any atom is 0.410 e. The first-order valence-corrected chi connectivity index (χ1v) is 10.5. The molecule has 0 aliphatic carbocycles. The van der Waals surface area contributed by atoms with Gasteiger partial charge in [-0.15, -0.1) is 0 Å². The summed E-state index contributed by atoms with van der Waals surface area (Å²) in [4.78, 5) is 14.1. The van der Waals surface area contributed by atoms with E-state index in [9.17, 15) is 13.2 Å². The first kappa shape index (κ1) is 20.4. The van der Waals surface area contributed by atoms with Gasteiger partial charge in [0.05, 0.1) is 17.2 Å². The average Bonchev–Trinajstić information content (AvgIpc) is 2.51. The van der Waals surface area contributed by atoms with Gasteiger partial charge < -0.3 is 20.1 Å². The van der Waals surface area contributed by atoms with Gasteiger partial charge in [0.15, 0.2) is 9.84 Å². The van der Waals surface area contributed by atoms with Crippen molar-refractivity contribution in [2.45, 2.75) is 44.1 Å². The van der Waals surface area contributed by atoms with Crippen molar-refractivity contribution in [1.29, 1.82) is 0 Å². The Morgan fingerprint density at radius 2 is 2.04 bits per heavy atom. The molecule has 26 heavy (non-hydrogen) atoms. The Hall–Kier alpha value is -1.96. The molecule has 1 aromatic carbocycles. The molecule has 8 heteroatoms. The van der Waals surface area contributed by atoms with E-state index in [1.807, 2.05) is 20.8 Å². The number of carbonyl (C=O) groups is 1. The number of hydrogen-bond acceptors (Lipinski definition) is 6. The minimum absolute atomic E-state index is 0.163. The number of anilines is 1.